The summed E-state index contributed by atoms with van der Waals surface area (Å²) < 4.78 is 49.9. The summed E-state index contributed by atoms with van der Waals surface area (Å²) in [7, 11) is 1.60. The fraction of sp³-hybridized carbons (Fsp3) is 0.357. The second-order valence-electron chi connectivity index (χ2n) is 9.99. The van der Waals surface area contributed by atoms with Crippen LogP contribution in [0.3, 0.4) is 0 Å². The first-order valence-electron chi connectivity index (χ1n) is 12.3. The number of rotatable bonds is 5. The number of benzene rings is 2. The van der Waals surface area contributed by atoms with Crippen molar-refractivity contribution in [2.45, 2.75) is 38.8 Å². The number of piperidine rings is 1. The Balaban J connectivity index is 1.57. The van der Waals surface area contributed by atoms with Gasteiger partial charge in [0.15, 0.2) is 23.3 Å². The molecule has 38 heavy (non-hydrogen) atoms. The second-order valence-corrected chi connectivity index (χ2v) is 9.99. The number of hydrogen-bond acceptors (Lipinski definition) is 6. The van der Waals surface area contributed by atoms with Gasteiger partial charge in [-0.1, -0.05) is 18.1 Å². The molecule has 1 fully saturated rings. The predicted octanol–water partition coefficient (Wildman–Crippen LogP) is 4.95. The molecule has 200 valence electrons. The number of methoxy groups -OCH3 is 1. The van der Waals surface area contributed by atoms with Crippen LogP contribution in [0.25, 0.3) is 11.8 Å². The molecular weight excluding hydrogens is 497 g/mol. The highest BCUT2D eigenvalue weighted by atomic mass is 19.2. The first-order chi connectivity index (χ1) is 18.1. The van der Waals surface area contributed by atoms with Gasteiger partial charge < -0.3 is 24.1 Å². The summed E-state index contributed by atoms with van der Waals surface area (Å²) in [4.78, 5) is 11.7. The standard InChI is InChI=1S/C28H29F3N4O3/c1-16-7-20(8-19-5-6-24(25(9-19)37-4)34-13-17(2)32-15-34)27-33-38-14-28(18(3)36,35(27)12-16)21-10-22(29)26(31)23(30)11-21/h5-6,8-11,13,15-16,18,36H,7,12,14H2,1-4H3/b20-8-. The molecule has 3 unspecified atom stereocenters. The third-order valence-electron chi connectivity index (χ3n) is 7.23. The van der Waals surface area contributed by atoms with E-state index in [9.17, 15) is 18.3 Å². The van der Waals surface area contributed by atoms with Gasteiger partial charge in [-0.25, -0.2) is 18.2 Å². The van der Waals surface area contributed by atoms with E-state index >= 15 is 0 Å². The van der Waals surface area contributed by atoms with Crippen LogP contribution in [-0.2, 0) is 10.4 Å². The molecule has 3 atom stereocenters. The van der Waals surface area contributed by atoms with Gasteiger partial charge in [0.05, 0.1) is 30.9 Å². The summed E-state index contributed by atoms with van der Waals surface area (Å²) in [6.07, 6.45) is 5.12. The maximum Gasteiger partial charge on any atom is 0.194 e. The second kappa shape index (κ2) is 9.83. The van der Waals surface area contributed by atoms with E-state index in [0.29, 0.717) is 24.6 Å². The van der Waals surface area contributed by atoms with Gasteiger partial charge in [0, 0.05) is 12.7 Å². The number of oxime groups is 1. The van der Waals surface area contributed by atoms with E-state index in [-0.39, 0.29) is 18.1 Å². The molecular formula is C28H29F3N4O3. The zero-order valence-electron chi connectivity index (χ0n) is 21.6. The Morgan fingerprint density at radius 1 is 1.21 bits per heavy atom. The molecule has 0 radical (unpaired) electrons. The lowest BCUT2D eigenvalue weighted by atomic mass is 9.79. The Labute approximate surface area is 218 Å². The summed E-state index contributed by atoms with van der Waals surface area (Å²) in [5.74, 6) is -3.00. The van der Waals surface area contributed by atoms with E-state index in [4.69, 9.17) is 9.57 Å². The van der Waals surface area contributed by atoms with E-state index in [1.165, 1.54) is 6.92 Å². The molecule has 3 heterocycles. The monoisotopic (exact) mass is 526 g/mol. The number of ether oxygens (including phenoxy) is 1. The lowest BCUT2D eigenvalue weighted by molar-refractivity contribution is -0.0783. The topological polar surface area (TPSA) is 72.1 Å². The Morgan fingerprint density at radius 2 is 1.95 bits per heavy atom. The van der Waals surface area contributed by atoms with E-state index < -0.39 is 29.1 Å². The van der Waals surface area contributed by atoms with E-state index in [1.807, 2.05) is 53.8 Å². The molecule has 1 N–H and O–H groups in total. The summed E-state index contributed by atoms with van der Waals surface area (Å²) in [6, 6.07) is 7.61. The van der Waals surface area contributed by atoms with Crippen LogP contribution in [0.2, 0.25) is 0 Å². The molecule has 0 bridgehead atoms. The highest BCUT2D eigenvalue weighted by molar-refractivity contribution is 6.03. The predicted molar refractivity (Wildman–Crippen MR) is 136 cm³/mol. The molecule has 0 saturated carbocycles. The molecule has 0 amide bonds. The van der Waals surface area contributed by atoms with Crippen LogP contribution in [0.5, 0.6) is 5.75 Å². The lowest BCUT2D eigenvalue weighted by Gasteiger charge is -2.52. The molecule has 3 aromatic rings. The normalized spacial score (nSPS) is 23.1. The van der Waals surface area contributed by atoms with Crippen LogP contribution in [0.4, 0.5) is 13.2 Å². The fourth-order valence-corrected chi connectivity index (χ4v) is 5.34. The number of halogens is 3. The Hall–Kier alpha value is -3.79. The molecule has 2 aromatic carbocycles. The highest BCUT2D eigenvalue weighted by Crippen LogP contribution is 2.42. The van der Waals surface area contributed by atoms with Crippen molar-refractivity contribution in [2.75, 3.05) is 20.3 Å². The van der Waals surface area contributed by atoms with Gasteiger partial charge in [0.1, 0.15) is 17.9 Å². The van der Waals surface area contributed by atoms with Crippen molar-refractivity contribution in [2.24, 2.45) is 11.1 Å². The third kappa shape index (κ3) is 4.32. The number of aliphatic hydroxyl groups is 1. The van der Waals surface area contributed by atoms with Crippen molar-refractivity contribution in [3.05, 3.63) is 82.7 Å². The minimum atomic E-state index is -1.56. The number of aromatic nitrogens is 2. The largest absolute Gasteiger partial charge is 0.495 e. The molecule has 0 aliphatic carbocycles. The number of imidazole rings is 1. The minimum absolute atomic E-state index is 0.0754. The summed E-state index contributed by atoms with van der Waals surface area (Å²) in [5.41, 5.74) is 2.09. The van der Waals surface area contributed by atoms with Crippen molar-refractivity contribution in [1.29, 1.82) is 0 Å². The molecule has 10 heteroatoms. The summed E-state index contributed by atoms with van der Waals surface area (Å²) in [5, 5.41) is 15.3. The molecule has 0 spiro atoms. The summed E-state index contributed by atoms with van der Waals surface area (Å²) in [6.45, 7) is 5.77. The zero-order valence-corrected chi connectivity index (χ0v) is 21.6. The molecule has 1 aromatic heterocycles. The van der Waals surface area contributed by atoms with E-state index in [2.05, 4.69) is 10.1 Å². The maximum atomic E-state index is 14.3. The molecule has 7 nitrogen and oxygen atoms in total. The molecule has 2 aliphatic heterocycles. The van der Waals surface area contributed by atoms with Crippen molar-refractivity contribution in [3.8, 4) is 11.4 Å². The number of aryl methyl sites for hydroxylation is 1. The van der Waals surface area contributed by atoms with Crippen molar-refractivity contribution in [1.82, 2.24) is 14.5 Å². The van der Waals surface area contributed by atoms with Gasteiger partial charge in [0.25, 0.3) is 0 Å². The van der Waals surface area contributed by atoms with Crippen LogP contribution in [0.1, 0.15) is 37.1 Å². The van der Waals surface area contributed by atoms with Gasteiger partial charge >= 0.3 is 0 Å². The average molecular weight is 527 g/mol. The highest BCUT2D eigenvalue weighted by Gasteiger charge is 2.51. The lowest BCUT2D eigenvalue weighted by Crippen LogP contribution is -2.63. The Morgan fingerprint density at radius 3 is 2.58 bits per heavy atom. The Bertz CT molecular complexity index is 1410. The van der Waals surface area contributed by atoms with E-state index in [1.54, 1.807) is 13.4 Å². The van der Waals surface area contributed by atoms with Crippen LogP contribution in [-0.4, -0.2) is 51.8 Å². The van der Waals surface area contributed by atoms with Crippen LogP contribution < -0.4 is 4.74 Å². The SMILES string of the molecule is COc1cc(/C=C2/CC(C)CN3C2=NOCC3(c2cc(F)c(F)c(F)c2)C(C)O)ccc1-n1cnc(C)c1. The van der Waals surface area contributed by atoms with Crippen LogP contribution in [0.15, 0.2) is 53.6 Å². The van der Waals surface area contributed by atoms with Crippen LogP contribution in [0, 0.1) is 30.3 Å². The van der Waals surface area contributed by atoms with Gasteiger partial charge in [-0.2, -0.15) is 0 Å². The fourth-order valence-electron chi connectivity index (χ4n) is 5.34. The average Bonchev–Trinajstić information content (AvgIpc) is 3.32. The minimum Gasteiger partial charge on any atom is -0.495 e. The van der Waals surface area contributed by atoms with Crippen LogP contribution >= 0.6 is 0 Å². The maximum absolute atomic E-state index is 14.3. The first-order valence-corrected chi connectivity index (χ1v) is 12.3. The van der Waals surface area contributed by atoms with Crippen molar-refractivity contribution >= 4 is 11.9 Å². The number of fused-ring (bicyclic) bond motifs is 1. The quantitative estimate of drug-likeness (QED) is 0.477. The molecule has 5 rings (SSSR count). The number of amidine groups is 1. The third-order valence-corrected chi connectivity index (χ3v) is 7.23. The number of hydrogen-bond donors (Lipinski definition) is 1. The molecule has 2 aliphatic rings. The summed E-state index contributed by atoms with van der Waals surface area (Å²) >= 11 is 0. The van der Waals surface area contributed by atoms with Gasteiger partial charge in [-0.05, 0) is 73.2 Å². The van der Waals surface area contributed by atoms with Crippen molar-refractivity contribution < 1.29 is 27.9 Å². The van der Waals surface area contributed by atoms with E-state index in [0.717, 1.165) is 34.7 Å². The van der Waals surface area contributed by atoms with Gasteiger partial charge in [-0.3, -0.25) is 0 Å². The Kier molecular flexibility index (Phi) is 6.68. The van der Waals surface area contributed by atoms with Gasteiger partial charge in [0.2, 0.25) is 0 Å². The molecule has 1 saturated heterocycles. The van der Waals surface area contributed by atoms with Crippen molar-refractivity contribution in [3.63, 3.8) is 0 Å². The van der Waals surface area contributed by atoms with Gasteiger partial charge in [-0.15, -0.1) is 0 Å². The number of aliphatic hydroxyl groups excluding tert-OH is 1. The smallest absolute Gasteiger partial charge is 0.194 e. The first kappa shape index (κ1) is 25.8. The zero-order chi connectivity index (χ0) is 27.2. The number of nitrogens with zero attached hydrogens (tertiary/aromatic N) is 4.